The van der Waals surface area contributed by atoms with Crippen molar-refractivity contribution in [1.29, 1.82) is 0 Å². The van der Waals surface area contributed by atoms with Crippen LogP contribution in [0.25, 0.3) is 0 Å². The Hall–Kier alpha value is -0.0800. The molecule has 0 amide bonds. The van der Waals surface area contributed by atoms with Crippen molar-refractivity contribution in [2.75, 3.05) is 0 Å². The zero-order valence-electron chi connectivity index (χ0n) is 6.87. The lowest BCUT2D eigenvalue weighted by Gasteiger charge is -2.27. The number of nitrogens with two attached hydrogens (primary N) is 1. The van der Waals surface area contributed by atoms with Gasteiger partial charge in [0.05, 0.1) is 6.10 Å². The molecule has 2 saturated carbocycles. The number of aliphatic hydroxyl groups is 1. The summed E-state index contributed by atoms with van der Waals surface area (Å²) in [5.74, 6) is 1.38. The topological polar surface area (TPSA) is 46.2 Å². The maximum absolute atomic E-state index is 9.50. The van der Waals surface area contributed by atoms with Crippen molar-refractivity contribution in [3.05, 3.63) is 0 Å². The summed E-state index contributed by atoms with van der Waals surface area (Å²) in [5, 5.41) is 9.50. The van der Waals surface area contributed by atoms with E-state index < -0.39 is 0 Å². The zero-order valence-corrected chi connectivity index (χ0v) is 6.87. The van der Waals surface area contributed by atoms with Crippen LogP contribution in [-0.2, 0) is 0 Å². The maximum Gasteiger partial charge on any atom is 0.0696 e. The Balaban J connectivity index is 2.05. The van der Waals surface area contributed by atoms with Gasteiger partial charge in [-0.15, -0.1) is 0 Å². The van der Waals surface area contributed by atoms with Crippen LogP contribution in [0.4, 0.5) is 0 Å². The molecule has 2 rings (SSSR count). The molecule has 11 heavy (non-hydrogen) atoms. The summed E-state index contributed by atoms with van der Waals surface area (Å²) in [7, 11) is 0. The monoisotopic (exact) mass is 155 g/mol. The standard InChI is InChI=1S/C9H17NO/c10-9-7-4-2-1-3-6(7)5-8(9)11/h6-9,11H,1-5,10H2/t6-,7+,8-,9+/m0/s1. The Morgan fingerprint density at radius 2 is 1.91 bits per heavy atom. The number of hydrogen-bond donors (Lipinski definition) is 2. The Labute approximate surface area is 67.8 Å². The fourth-order valence-corrected chi connectivity index (χ4v) is 2.79. The SMILES string of the molecule is N[C@@H]1[C@@H]2CCCC[C@H]2C[C@@H]1O. The predicted molar refractivity (Wildman–Crippen MR) is 44.0 cm³/mol. The van der Waals surface area contributed by atoms with Crippen LogP contribution in [-0.4, -0.2) is 17.3 Å². The van der Waals surface area contributed by atoms with E-state index in [0.29, 0.717) is 5.92 Å². The average Bonchev–Trinajstić information content (AvgIpc) is 2.30. The molecule has 0 unspecified atom stereocenters. The summed E-state index contributed by atoms with van der Waals surface area (Å²) in [4.78, 5) is 0. The van der Waals surface area contributed by atoms with Gasteiger partial charge in [-0.1, -0.05) is 19.3 Å². The molecule has 64 valence electrons. The molecule has 3 N–H and O–H groups in total. The normalized spacial score (nSPS) is 50.7. The minimum Gasteiger partial charge on any atom is -0.391 e. The molecule has 0 aromatic heterocycles. The first-order valence-electron chi connectivity index (χ1n) is 4.72. The van der Waals surface area contributed by atoms with E-state index in [2.05, 4.69) is 0 Å². The van der Waals surface area contributed by atoms with E-state index >= 15 is 0 Å². The number of aliphatic hydroxyl groups excluding tert-OH is 1. The highest BCUT2D eigenvalue weighted by molar-refractivity contribution is 4.95. The second kappa shape index (κ2) is 2.76. The van der Waals surface area contributed by atoms with E-state index in [-0.39, 0.29) is 12.1 Å². The van der Waals surface area contributed by atoms with E-state index in [9.17, 15) is 5.11 Å². The Morgan fingerprint density at radius 1 is 1.18 bits per heavy atom. The molecule has 2 heteroatoms. The summed E-state index contributed by atoms with van der Waals surface area (Å²) in [6, 6.07) is 0.0836. The van der Waals surface area contributed by atoms with Crippen LogP contribution in [0.1, 0.15) is 32.1 Å². The highest BCUT2D eigenvalue weighted by Crippen LogP contribution is 2.41. The first-order chi connectivity index (χ1) is 5.29. The van der Waals surface area contributed by atoms with Crippen molar-refractivity contribution in [3.8, 4) is 0 Å². The van der Waals surface area contributed by atoms with Gasteiger partial charge in [0.1, 0.15) is 0 Å². The van der Waals surface area contributed by atoms with E-state index in [4.69, 9.17) is 5.73 Å². The van der Waals surface area contributed by atoms with Crippen molar-refractivity contribution in [1.82, 2.24) is 0 Å². The third kappa shape index (κ3) is 1.18. The molecule has 0 spiro atoms. The second-order valence-electron chi connectivity index (χ2n) is 4.09. The molecular weight excluding hydrogens is 138 g/mol. The first-order valence-corrected chi connectivity index (χ1v) is 4.72. The fourth-order valence-electron chi connectivity index (χ4n) is 2.79. The van der Waals surface area contributed by atoms with Crippen LogP contribution in [0.5, 0.6) is 0 Å². The quantitative estimate of drug-likeness (QED) is 0.545. The maximum atomic E-state index is 9.50. The molecule has 2 aliphatic carbocycles. The molecule has 0 radical (unpaired) electrons. The summed E-state index contributed by atoms with van der Waals surface area (Å²) in [6.45, 7) is 0. The second-order valence-corrected chi connectivity index (χ2v) is 4.09. The molecule has 0 aromatic carbocycles. The lowest BCUT2D eigenvalue weighted by Crippen LogP contribution is -2.36. The molecule has 2 aliphatic rings. The molecular formula is C9H17NO. The highest BCUT2D eigenvalue weighted by Gasteiger charge is 2.40. The summed E-state index contributed by atoms with van der Waals surface area (Å²) < 4.78 is 0. The van der Waals surface area contributed by atoms with Gasteiger partial charge in [-0.2, -0.15) is 0 Å². The van der Waals surface area contributed by atoms with E-state index in [1.165, 1.54) is 25.7 Å². The molecule has 0 aliphatic heterocycles. The summed E-state index contributed by atoms with van der Waals surface area (Å²) in [5.41, 5.74) is 5.88. The Bertz CT molecular complexity index is 148. The van der Waals surface area contributed by atoms with Crippen molar-refractivity contribution in [3.63, 3.8) is 0 Å². The van der Waals surface area contributed by atoms with Crippen LogP contribution in [0.2, 0.25) is 0 Å². The molecule has 2 nitrogen and oxygen atoms in total. The van der Waals surface area contributed by atoms with Gasteiger partial charge in [-0.05, 0) is 24.7 Å². The van der Waals surface area contributed by atoms with Crippen LogP contribution in [0.15, 0.2) is 0 Å². The van der Waals surface area contributed by atoms with Gasteiger partial charge in [0.25, 0.3) is 0 Å². The largest absolute Gasteiger partial charge is 0.391 e. The number of fused-ring (bicyclic) bond motifs is 1. The molecule has 0 bridgehead atoms. The first kappa shape index (κ1) is 7.56. The predicted octanol–water partition coefficient (Wildman–Crippen LogP) is 0.885. The van der Waals surface area contributed by atoms with E-state index in [1.54, 1.807) is 0 Å². The average molecular weight is 155 g/mol. The molecule has 4 atom stereocenters. The van der Waals surface area contributed by atoms with Crippen LogP contribution < -0.4 is 5.73 Å². The Morgan fingerprint density at radius 3 is 2.64 bits per heavy atom. The molecule has 2 fully saturated rings. The Kier molecular flexibility index (Phi) is 1.90. The minimum atomic E-state index is -0.205. The van der Waals surface area contributed by atoms with E-state index in [0.717, 1.165) is 12.3 Å². The van der Waals surface area contributed by atoms with Crippen molar-refractivity contribution in [2.24, 2.45) is 17.6 Å². The van der Waals surface area contributed by atoms with Crippen LogP contribution in [0.3, 0.4) is 0 Å². The zero-order chi connectivity index (χ0) is 7.84. The summed E-state index contributed by atoms with van der Waals surface area (Å²) in [6.07, 6.45) is 5.98. The van der Waals surface area contributed by atoms with Gasteiger partial charge >= 0.3 is 0 Å². The third-order valence-corrected chi connectivity index (χ3v) is 3.45. The molecule has 0 saturated heterocycles. The van der Waals surface area contributed by atoms with Gasteiger partial charge in [0.2, 0.25) is 0 Å². The van der Waals surface area contributed by atoms with Crippen LogP contribution >= 0.6 is 0 Å². The fraction of sp³-hybridized carbons (Fsp3) is 1.00. The lowest BCUT2D eigenvalue weighted by molar-refractivity contribution is 0.155. The number of rotatable bonds is 0. The lowest BCUT2D eigenvalue weighted by atomic mass is 9.80. The van der Waals surface area contributed by atoms with Gasteiger partial charge in [0.15, 0.2) is 0 Å². The molecule has 0 aromatic rings. The van der Waals surface area contributed by atoms with Gasteiger partial charge < -0.3 is 10.8 Å². The van der Waals surface area contributed by atoms with Crippen molar-refractivity contribution < 1.29 is 5.11 Å². The number of hydrogen-bond acceptors (Lipinski definition) is 2. The summed E-state index contributed by atoms with van der Waals surface area (Å²) >= 11 is 0. The van der Waals surface area contributed by atoms with Gasteiger partial charge in [-0.25, -0.2) is 0 Å². The molecule has 0 heterocycles. The van der Waals surface area contributed by atoms with Gasteiger partial charge in [-0.3, -0.25) is 0 Å². The minimum absolute atomic E-state index is 0.0836. The smallest absolute Gasteiger partial charge is 0.0696 e. The van der Waals surface area contributed by atoms with E-state index in [1.807, 2.05) is 0 Å². The highest BCUT2D eigenvalue weighted by atomic mass is 16.3. The third-order valence-electron chi connectivity index (χ3n) is 3.45. The van der Waals surface area contributed by atoms with Crippen molar-refractivity contribution >= 4 is 0 Å². The van der Waals surface area contributed by atoms with Crippen molar-refractivity contribution in [2.45, 2.75) is 44.2 Å². The van der Waals surface area contributed by atoms with Crippen LogP contribution in [0, 0.1) is 11.8 Å². The van der Waals surface area contributed by atoms with Gasteiger partial charge in [0, 0.05) is 6.04 Å².